The molecule has 4 N–H and O–H groups in total. The fourth-order valence-corrected chi connectivity index (χ4v) is 4.87. The van der Waals surface area contributed by atoms with Crippen molar-refractivity contribution < 1.29 is 34.1 Å². The van der Waals surface area contributed by atoms with Gasteiger partial charge in [0.25, 0.3) is 0 Å². The maximum Gasteiger partial charge on any atom is 0.248 e. The molecule has 3 aliphatic carbocycles. The quantitative estimate of drug-likeness (QED) is 0.187. The Labute approximate surface area is 233 Å². The molecule has 0 bridgehead atoms. The van der Waals surface area contributed by atoms with Crippen molar-refractivity contribution in [1.82, 2.24) is 10.6 Å². The number of hydrogen-bond acceptors (Lipinski definition) is 7. The first-order chi connectivity index (χ1) is 19.3. The highest BCUT2D eigenvalue weighted by Crippen LogP contribution is 2.40. The summed E-state index contributed by atoms with van der Waals surface area (Å²) in [4.78, 5) is 48.3. The van der Waals surface area contributed by atoms with Crippen molar-refractivity contribution >= 4 is 23.4 Å². The van der Waals surface area contributed by atoms with Crippen molar-refractivity contribution in [3.8, 4) is 0 Å². The third-order valence-corrected chi connectivity index (χ3v) is 7.07. The largest absolute Gasteiger partial charge is 0.510 e. The Morgan fingerprint density at radius 3 is 2.20 bits per heavy atom. The Kier molecular flexibility index (Phi) is 9.63. The molecule has 0 spiro atoms. The standard InChI is InChI=1S/C31H34N2O7/c34-23-17-18-24(35)27(23)33-26(37)16-10-3-4-11-19-31(39)20-22(28(38)29-30(31)40-29)32-25(36)15-9-2-1-6-12-21-13-7-5-8-14-21/h1-4,6,9-12,15-16,19-21,29-30,34,39H,5,7-8,13-14,17-18H2,(H,32,36)(H,33,37)/b2-1+,4-3+,12-6+,15-9+,16-10+,19-11+/t29-,30-,31+/m1/s1. The number of carbonyl (C=O) groups excluding carboxylic acids is 4. The van der Waals surface area contributed by atoms with Crippen LogP contribution in [-0.4, -0.2) is 51.4 Å². The van der Waals surface area contributed by atoms with Crippen LogP contribution in [0.15, 0.2) is 96.1 Å². The van der Waals surface area contributed by atoms with Gasteiger partial charge in [0.2, 0.25) is 17.6 Å². The first kappa shape index (κ1) is 28.9. The lowest BCUT2D eigenvalue weighted by Gasteiger charge is -2.23. The third-order valence-electron chi connectivity index (χ3n) is 7.07. The molecule has 1 saturated carbocycles. The summed E-state index contributed by atoms with van der Waals surface area (Å²) >= 11 is 0. The van der Waals surface area contributed by atoms with Crippen molar-refractivity contribution in [2.45, 2.75) is 62.8 Å². The number of epoxide rings is 1. The predicted octanol–water partition coefficient (Wildman–Crippen LogP) is 3.23. The van der Waals surface area contributed by atoms with Gasteiger partial charge in [-0.3, -0.25) is 19.2 Å². The first-order valence-corrected chi connectivity index (χ1v) is 13.5. The lowest BCUT2D eigenvalue weighted by atomic mass is 9.88. The van der Waals surface area contributed by atoms with Crippen LogP contribution in [0.2, 0.25) is 0 Å². The molecule has 2 amide bonds. The van der Waals surface area contributed by atoms with Crippen LogP contribution >= 0.6 is 0 Å². The van der Waals surface area contributed by atoms with E-state index in [1.807, 2.05) is 12.2 Å². The normalized spacial score (nSPS) is 27.7. The molecule has 1 aliphatic heterocycles. The van der Waals surface area contributed by atoms with Crippen LogP contribution in [0.3, 0.4) is 0 Å². The highest BCUT2D eigenvalue weighted by Gasteiger charge is 2.59. The molecule has 3 atom stereocenters. The Morgan fingerprint density at radius 2 is 1.52 bits per heavy atom. The second-order valence-electron chi connectivity index (χ2n) is 10.1. The SMILES string of the molecule is O=C(/C=C/C=C/C=C/C1CCCCC1)NC1=C[C@@](O)(/C=C/C=C/C=C/C(=O)NC2=C(O)CCC2=O)[C@@H]2O[C@@H]2C1=O. The molecule has 1 heterocycles. The van der Waals surface area contributed by atoms with Gasteiger partial charge in [-0.25, -0.2) is 0 Å². The molecule has 2 fully saturated rings. The smallest absolute Gasteiger partial charge is 0.248 e. The van der Waals surface area contributed by atoms with Gasteiger partial charge < -0.3 is 25.6 Å². The van der Waals surface area contributed by atoms with Gasteiger partial charge in [-0.1, -0.05) is 73.9 Å². The van der Waals surface area contributed by atoms with Crippen LogP contribution < -0.4 is 10.6 Å². The minimum atomic E-state index is -1.60. The zero-order chi connectivity index (χ0) is 28.5. The number of nitrogens with one attached hydrogen (secondary N) is 2. The Hall–Kier alpha value is -4.08. The predicted molar refractivity (Wildman–Crippen MR) is 148 cm³/mol. The average molecular weight is 547 g/mol. The molecule has 4 aliphatic rings. The summed E-state index contributed by atoms with van der Waals surface area (Å²) in [7, 11) is 0. The molecule has 0 aromatic rings. The van der Waals surface area contributed by atoms with Gasteiger partial charge in [-0.15, -0.1) is 0 Å². The number of aliphatic hydroxyl groups is 2. The fraction of sp³-hybridized carbons (Fsp3) is 0.355. The topological polar surface area (TPSA) is 145 Å². The van der Waals surface area contributed by atoms with Crippen LogP contribution in [-0.2, 0) is 23.9 Å². The molecular formula is C31H34N2O7. The minimum absolute atomic E-state index is 0.0405. The minimum Gasteiger partial charge on any atom is -0.510 e. The molecule has 210 valence electrons. The van der Waals surface area contributed by atoms with Crippen LogP contribution in [0.1, 0.15) is 44.9 Å². The van der Waals surface area contributed by atoms with Crippen LogP contribution in [0.25, 0.3) is 0 Å². The number of Topliss-reactive ketones (excluding diaryl/α,β-unsaturated/α-hetero) is 2. The summed E-state index contributed by atoms with van der Waals surface area (Å²) in [5.41, 5.74) is -1.72. The monoisotopic (exact) mass is 546 g/mol. The third kappa shape index (κ3) is 7.74. The maximum atomic E-state index is 12.5. The van der Waals surface area contributed by atoms with Crippen molar-refractivity contribution in [2.75, 3.05) is 0 Å². The fourth-order valence-electron chi connectivity index (χ4n) is 4.87. The van der Waals surface area contributed by atoms with Gasteiger partial charge in [0, 0.05) is 25.0 Å². The summed E-state index contributed by atoms with van der Waals surface area (Å²) in [5.74, 6) is -1.28. The summed E-state index contributed by atoms with van der Waals surface area (Å²) in [6.07, 6.45) is 25.7. The number of allylic oxidation sites excluding steroid dienone is 11. The van der Waals surface area contributed by atoms with Crippen LogP contribution in [0, 0.1) is 5.92 Å². The second kappa shape index (κ2) is 13.3. The average Bonchev–Trinajstić information content (AvgIpc) is 3.70. The second-order valence-corrected chi connectivity index (χ2v) is 10.1. The van der Waals surface area contributed by atoms with E-state index in [0.29, 0.717) is 5.92 Å². The van der Waals surface area contributed by atoms with Gasteiger partial charge in [0.15, 0.2) is 11.9 Å². The van der Waals surface area contributed by atoms with Crippen molar-refractivity contribution in [3.63, 3.8) is 0 Å². The van der Waals surface area contributed by atoms with E-state index in [-0.39, 0.29) is 35.8 Å². The van der Waals surface area contributed by atoms with E-state index in [2.05, 4.69) is 16.7 Å². The van der Waals surface area contributed by atoms with Gasteiger partial charge >= 0.3 is 0 Å². The summed E-state index contributed by atoms with van der Waals surface area (Å²) < 4.78 is 5.35. The Morgan fingerprint density at radius 1 is 0.875 bits per heavy atom. The van der Waals surface area contributed by atoms with E-state index in [1.165, 1.54) is 74.6 Å². The molecule has 9 nitrogen and oxygen atoms in total. The number of rotatable bonds is 10. The number of ether oxygens (including phenoxy) is 1. The number of ketones is 2. The molecule has 0 radical (unpaired) electrons. The number of fused-ring (bicyclic) bond motifs is 1. The Balaban J connectivity index is 1.27. The number of carbonyl (C=O) groups is 4. The molecule has 40 heavy (non-hydrogen) atoms. The Bertz CT molecular complexity index is 1270. The highest BCUT2D eigenvalue weighted by atomic mass is 16.6. The van der Waals surface area contributed by atoms with E-state index < -0.39 is 35.4 Å². The maximum absolute atomic E-state index is 12.5. The zero-order valence-electron chi connectivity index (χ0n) is 22.1. The number of amides is 2. The van der Waals surface area contributed by atoms with E-state index in [4.69, 9.17) is 4.74 Å². The number of aliphatic hydroxyl groups excluding tert-OH is 1. The van der Waals surface area contributed by atoms with Crippen LogP contribution in [0.4, 0.5) is 0 Å². The highest BCUT2D eigenvalue weighted by molar-refractivity contribution is 6.06. The molecule has 1 saturated heterocycles. The van der Waals surface area contributed by atoms with Crippen molar-refractivity contribution in [3.05, 3.63) is 96.1 Å². The lowest BCUT2D eigenvalue weighted by Crippen LogP contribution is -2.42. The first-order valence-electron chi connectivity index (χ1n) is 13.5. The molecule has 0 unspecified atom stereocenters. The molecule has 0 aromatic heterocycles. The van der Waals surface area contributed by atoms with Crippen molar-refractivity contribution in [2.24, 2.45) is 5.92 Å². The molecule has 0 aromatic carbocycles. The lowest BCUT2D eigenvalue weighted by molar-refractivity contribution is -0.121. The van der Waals surface area contributed by atoms with Crippen LogP contribution in [0.5, 0.6) is 0 Å². The molecule has 4 rings (SSSR count). The van der Waals surface area contributed by atoms with Gasteiger partial charge in [-0.05, 0) is 30.9 Å². The number of hydrogen-bond donors (Lipinski definition) is 4. The summed E-state index contributed by atoms with van der Waals surface area (Å²) in [6, 6.07) is 0. The molecular weight excluding hydrogens is 512 g/mol. The summed E-state index contributed by atoms with van der Waals surface area (Å²) in [5, 5.41) is 25.5. The van der Waals surface area contributed by atoms with Gasteiger partial charge in [-0.2, -0.15) is 0 Å². The summed E-state index contributed by atoms with van der Waals surface area (Å²) in [6.45, 7) is 0. The van der Waals surface area contributed by atoms with Gasteiger partial charge in [0.1, 0.15) is 23.2 Å². The van der Waals surface area contributed by atoms with E-state index in [9.17, 15) is 29.4 Å². The van der Waals surface area contributed by atoms with Crippen molar-refractivity contribution in [1.29, 1.82) is 0 Å². The van der Waals surface area contributed by atoms with E-state index in [1.54, 1.807) is 18.2 Å². The van der Waals surface area contributed by atoms with E-state index >= 15 is 0 Å². The zero-order valence-corrected chi connectivity index (χ0v) is 22.1. The molecule has 9 heteroatoms. The van der Waals surface area contributed by atoms with Gasteiger partial charge in [0.05, 0.1) is 5.70 Å². The van der Waals surface area contributed by atoms with E-state index in [0.717, 1.165) is 0 Å².